The van der Waals surface area contributed by atoms with Crippen molar-refractivity contribution in [3.63, 3.8) is 0 Å². The molecule has 1 amide bonds. The molecule has 2 fully saturated rings. The van der Waals surface area contributed by atoms with Crippen molar-refractivity contribution in [1.29, 1.82) is 0 Å². The number of carbonyl (C=O) groups excluding carboxylic acids is 1. The van der Waals surface area contributed by atoms with E-state index in [1.54, 1.807) is 18.0 Å². The summed E-state index contributed by atoms with van der Waals surface area (Å²) >= 11 is 1.65. The Kier molecular flexibility index (Phi) is 4.10. The van der Waals surface area contributed by atoms with E-state index in [9.17, 15) is 4.79 Å². The number of rotatable bonds is 4. The summed E-state index contributed by atoms with van der Waals surface area (Å²) in [5.41, 5.74) is 0. The van der Waals surface area contributed by atoms with Crippen molar-refractivity contribution < 1.29 is 9.21 Å². The monoisotopic (exact) mass is 281 g/mol. The number of hydrogen-bond acceptors (Lipinski definition) is 5. The van der Waals surface area contributed by atoms with Crippen LogP contribution in [0.1, 0.15) is 11.1 Å². The minimum Gasteiger partial charge on any atom is -0.466 e. The van der Waals surface area contributed by atoms with Gasteiger partial charge in [-0.2, -0.15) is 0 Å². The van der Waals surface area contributed by atoms with Crippen LogP contribution >= 0.6 is 11.8 Å². The van der Waals surface area contributed by atoms with Gasteiger partial charge in [-0.15, -0.1) is 11.8 Å². The Morgan fingerprint density at radius 1 is 1.37 bits per heavy atom. The Balaban J connectivity index is 1.59. The highest BCUT2D eigenvalue weighted by Crippen LogP contribution is 2.38. The van der Waals surface area contributed by atoms with E-state index in [0.29, 0.717) is 5.75 Å². The molecule has 1 aromatic heterocycles. The molecule has 6 heteroatoms. The van der Waals surface area contributed by atoms with Crippen molar-refractivity contribution in [3.8, 4) is 0 Å². The number of thioether (sulfide) groups is 1. The van der Waals surface area contributed by atoms with Gasteiger partial charge in [-0.05, 0) is 12.1 Å². The van der Waals surface area contributed by atoms with Crippen molar-refractivity contribution in [2.24, 2.45) is 0 Å². The first-order chi connectivity index (χ1) is 9.34. The molecule has 0 aliphatic carbocycles. The van der Waals surface area contributed by atoms with E-state index >= 15 is 0 Å². The molecule has 0 saturated carbocycles. The minimum absolute atomic E-state index is 0.0606. The molecular formula is C13H19N3O2S. The second kappa shape index (κ2) is 5.98. The summed E-state index contributed by atoms with van der Waals surface area (Å²) in [7, 11) is 0. The molecule has 5 nitrogen and oxygen atoms in total. The average Bonchev–Trinajstić information content (AvgIpc) is 3.07. The first-order valence-electron chi connectivity index (χ1n) is 6.72. The number of nitrogens with zero attached hydrogens (tertiary/aromatic N) is 2. The summed E-state index contributed by atoms with van der Waals surface area (Å²) in [5, 5.41) is 3.40. The molecule has 3 rings (SSSR count). The van der Waals surface area contributed by atoms with Crippen LogP contribution in [0.2, 0.25) is 0 Å². The molecule has 2 saturated heterocycles. The second-order valence-corrected chi connectivity index (χ2v) is 5.93. The molecule has 19 heavy (non-hydrogen) atoms. The standard InChI is InChI=1S/C13H19N3O2S/c17-12-10-19-13(11-2-1-9-18-11)16(12)8-7-15-5-3-14-4-6-15/h1-2,9,13-14H,3-8,10H2. The fraction of sp³-hybridized carbons (Fsp3) is 0.615. The van der Waals surface area contributed by atoms with Crippen LogP contribution in [-0.2, 0) is 4.79 Å². The molecule has 0 spiro atoms. The van der Waals surface area contributed by atoms with Crippen LogP contribution in [0.4, 0.5) is 0 Å². The molecule has 0 aromatic carbocycles. The van der Waals surface area contributed by atoms with E-state index in [2.05, 4.69) is 10.2 Å². The quantitative estimate of drug-likeness (QED) is 0.883. The first-order valence-corrected chi connectivity index (χ1v) is 7.77. The van der Waals surface area contributed by atoms with Crippen LogP contribution in [0.15, 0.2) is 22.8 Å². The van der Waals surface area contributed by atoms with Crippen LogP contribution in [-0.4, -0.2) is 60.7 Å². The summed E-state index contributed by atoms with van der Waals surface area (Å²) in [4.78, 5) is 16.3. The molecule has 1 N–H and O–H groups in total. The van der Waals surface area contributed by atoms with E-state index in [-0.39, 0.29) is 11.3 Å². The highest BCUT2D eigenvalue weighted by molar-refractivity contribution is 8.00. The normalized spacial score (nSPS) is 25.2. The molecule has 0 bridgehead atoms. The number of furan rings is 1. The molecule has 1 unspecified atom stereocenters. The van der Waals surface area contributed by atoms with Crippen molar-refractivity contribution in [2.75, 3.05) is 45.0 Å². The minimum atomic E-state index is 0.0606. The molecule has 0 radical (unpaired) electrons. The molecule has 2 aliphatic heterocycles. The smallest absolute Gasteiger partial charge is 0.233 e. The Hall–Kier alpha value is -0.980. The van der Waals surface area contributed by atoms with Gasteiger partial charge in [-0.3, -0.25) is 9.69 Å². The molecular weight excluding hydrogens is 262 g/mol. The van der Waals surface area contributed by atoms with E-state index in [4.69, 9.17) is 4.42 Å². The van der Waals surface area contributed by atoms with Crippen molar-refractivity contribution in [3.05, 3.63) is 24.2 Å². The maximum absolute atomic E-state index is 12.0. The van der Waals surface area contributed by atoms with E-state index in [1.807, 2.05) is 17.0 Å². The van der Waals surface area contributed by atoms with Crippen molar-refractivity contribution in [2.45, 2.75) is 5.37 Å². The SMILES string of the molecule is O=C1CSC(c2ccco2)N1CCN1CCNCC1. The van der Waals surface area contributed by atoms with Crippen LogP contribution < -0.4 is 5.32 Å². The Labute approximate surface area is 117 Å². The number of piperazine rings is 1. The lowest BCUT2D eigenvalue weighted by Crippen LogP contribution is -2.46. The van der Waals surface area contributed by atoms with Gasteiger partial charge in [0.05, 0.1) is 12.0 Å². The third kappa shape index (κ3) is 2.96. The van der Waals surface area contributed by atoms with Gasteiger partial charge < -0.3 is 14.6 Å². The van der Waals surface area contributed by atoms with E-state index in [1.165, 1.54) is 0 Å². The highest BCUT2D eigenvalue weighted by Gasteiger charge is 2.34. The maximum atomic E-state index is 12.0. The van der Waals surface area contributed by atoms with Crippen LogP contribution in [0, 0.1) is 0 Å². The number of carbonyl (C=O) groups is 1. The summed E-state index contributed by atoms with van der Waals surface area (Å²) in [6.45, 7) is 5.97. The lowest BCUT2D eigenvalue weighted by molar-refractivity contribution is -0.128. The summed E-state index contributed by atoms with van der Waals surface area (Å²) in [6.07, 6.45) is 1.67. The van der Waals surface area contributed by atoms with Gasteiger partial charge in [-0.1, -0.05) is 0 Å². The lowest BCUT2D eigenvalue weighted by Gasteiger charge is -2.30. The maximum Gasteiger partial charge on any atom is 0.233 e. The Bertz CT molecular complexity index is 418. The van der Waals surface area contributed by atoms with Crippen molar-refractivity contribution in [1.82, 2.24) is 15.1 Å². The predicted octanol–water partition coefficient (Wildman–Crippen LogP) is 0.759. The van der Waals surface area contributed by atoms with Crippen LogP contribution in [0.25, 0.3) is 0 Å². The predicted molar refractivity (Wildman–Crippen MR) is 74.9 cm³/mol. The van der Waals surface area contributed by atoms with Gasteiger partial charge in [0.25, 0.3) is 0 Å². The molecule has 3 heterocycles. The number of nitrogens with one attached hydrogen (secondary N) is 1. The Morgan fingerprint density at radius 3 is 2.95 bits per heavy atom. The van der Waals surface area contributed by atoms with Gasteiger partial charge in [0.15, 0.2) is 0 Å². The molecule has 1 aromatic rings. The third-order valence-electron chi connectivity index (χ3n) is 3.62. The van der Waals surface area contributed by atoms with Crippen LogP contribution in [0.5, 0.6) is 0 Å². The molecule has 2 aliphatic rings. The average molecular weight is 281 g/mol. The fourth-order valence-electron chi connectivity index (χ4n) is 2.55. The summed E-state index contributed by atoms with van der Waals surface area (Å²) < 4.78 is 5.45. The van der Waals surface area contributed by atoms with E-state index in [0.717, 1.165) is 45.0 Å². The Morgan fingerprint density at radius 2 is 2.21 bits per heavy atom. The van der Waals surface area contributed by atoms with Gasteiger partial charge in [-0.25, -0.2) is 0 Å². The lowest BCUT2D eigenvalue weighted by atomic mass is 10.3. The molecule has 104 valence electrons. The van der Waals surface area contributed by atoms with Gasteiger partial charge in [0.2, 0.25) is 5.91 Å². The zero-order valence-electron chi connectivity index (χ0n) is 10.9. The third-order valence-corrected chi connectivity index (χ3v) is 4.84. The highest BCUT2D eigenvalue weighted by atomic mass is 32.2. The largest absolute Gasteiger partial charge is 0.466 e. The van der Waals surface area contributed by atoms with E-state index < -0.39 is 0 Å². The first kappa shape index (κ1) is 13.0. The summed E-state index contributed by atoms with van der Waals surface area (Å²) in [6, 6.07) is 3.83. The molecule has 1 atom stereocenters. The second-order valence-electron chi connectivity index (χ2n) is 4.86. The fourth-order valence-corrected chi connectivity index (χ4v) is 3.71. The summed E-state index contributed by atoms with van der Waals surface area (Å²) in [5.74, 6) is 1.67. The van der Waals surface area contributed by atoms with Gasteiger partial charge in [0.1, 0.15) is 11.1 Å². The topological polar surface area (TPSA) is 48.7 Å². The van der Waals surface area contributed by atoms with Gasteiger partial charge >= 0.3 is 0 Å². The van der Waals surface area contributed by atoms with Gasteiger partial charge in [0, 0.05) is 39.3 Å². The number of hydrogen-bond donors (Lipinski definition) is 1. The van der Waals surface area contributed by atoms with Crippen LogP contribution in [0.3, 0.4) is 0 Å². The zero-order valence-corrected chi connectivity index (χ0v) is 11.7. The van der Waals surface area contributed by atoms with Crippen molar-refractivity contribution >= 4 is 17.7 Å². The number of amides is 1. The zero-order chi connectivity index (χ0) is 13.1.